The molecule has 1 aliphatic heterocycles. The lowest BCUT2D eigenvalue weighted by Crippen LogP contribution is -2.58. The number of urea groups is 1. The molecule has 1 aliphatic rings. The predicted molar refractivity (Wildman–Crippen MR) is 88.6 cm³/mol. The minimum Gasteiger partial charge on any atom is -0.479 e. The van der Waals surface area contributed by atoms with Crippen LogP contribution in [-0.2, 0) is 14.4 Å². The largest absolute Gasteiger partial charge is 0.479 e. The number of benzene rings is 1. The van der Waals surface area contributed by atoms with Crippen LogP contribution in [0.4, 0.5) is 4.79 Å². The molecule has 1 aromatic rings. The van der Waals surface area contributed by atoms with Crippen molar-refractivity contribution >= 4 is 23.8 Å². The minimum absolute atomic E-state index is 0.0429. The van der Waals surface area contributed by atoms with Crippen molar-refractivity contribution in [2.45, 2.75) is 25.8 Å². The number of piperazine rings is 1. The molecule has 4 amide bonds. The maximum Gasteiger partial charge on any atom is 0.330 e. The second-order valence-electron chi connectivity index (χ2n) is 5.73. The molecular formula is C17H21N3O5. The van der Waals surface area contributed by atoms with Crippen LogP contribution in [0.1, 0.15) is 31.4 Å². The molecule has 1 fully saturated rings. The van der Waals surface area contributed by atoms with E-state index in [4.69, 9.17) is 0 Å². The quantitative estimate of drug-likeness (QED) is 0.746. The van der Waals surface area contributed by atoms with Crippen molar-refractivity contribution in [3.63, 3.8) is 0 Å². The smallest absolute Gasteiger partial charge is 0.330 e. The summed E-state index contributed by atoms with van der Waals surface area (Å²) < 4.78 is 0. The van der Waals surface area contributed by atoms with Crippen LogP contribution < -0.4 is 5.32 Å². The second-order valence-corrected chi connectivity index (χ2v) is 5.73. The zero-order chi connectivity index (χ0) is 18.4. The summed E-state index contributed by atoms with van der Waals surface area (Å²) in [4.78, 5) is 50.2. The highest BCUT2D eigenvalue weighted by molar-refractivity contribution is 6.38. The first-order valence-electron chi connectivity index (χ1n) is 8.14. The summed E-state index contributed by atoms with van der Waals surface area (Å²) in [6.45, 7) is 2.74. The molecule has 0 aliphatic carbocycles. The van der Waals surface area contributed by atoms with Gasteiger partial charge in [0.1, 0.15) is 0 Å². The predicted octanol–water partition coefficient (Wildman–Crippen LogP) is 0.993. The average Bonchev–Trinajstić information content (AvgIpc) is 2.61. The van der Waals surface area contributed by atoms with Crippen molar-refractivity contribution < 1.29 is 24.3 Å². The van der Waals surface area contributed by atoms with Gasteiger partial charge < -0.3 is 15.3 Å². The molecular weight excluding hydrogens is 326 g/mol. The molecule has 2 N–H and O–H groups in total. The van der Waals surface area contributed by atoms with Gasteiger partial charge in [-0.05, 0) is 12.0 Å². The number of hydrogen-bond donors (Lipinski definition) is 2. The maximum atomic E-state index is 12.3. The van der Waals surface area contributed by atoms with Crippen molar-refractivity contribution in [2.75, 3.05) is 19.6 Å². The summed E-state index contributed by atoms with van der Waals surface area (Å²) >= 11 is 0. The van der Waals surface area contributed by atoms with Gasteiger partial charge in [-0.1, -0.05) is 43.7 Å². The van der Waals surface area contributed by atoms with Crippen molar-refractivity contribution in [1.82, 2.24) is 15.1 Å². The van der Waals surface area contributed by atoms with E-state index >= 15 is 0 Å². The summed E-state index contributed by atoms with van der Waals surface area (Å²) in [5, 5.41) is 11.6. The summed E-state index contributed by atoms with van der Waals surface area (Å²) in [6, 6.07) is 5.97. The molecule has 1 aromatic carbocycles. The molecule has 1 heterocycles. The van der Waals surface area contributed by atoms with Gasteiger partial charge in [0.05, 0.1) is 0 Å². The highest BCUT2D eigenvalue weighted by atomic mass is 16.4. The van der Waals surface area contributed by atoms with E-state index in [1.807, 2.05) is 6.92 Å². The van der Waals surface area contributed by atoms with Gasteiger partial charge >= 0.3 is 23.8 Å². The minimum atomic E-state index is -1.30. The van der Waals surface area contributed by atoms with Crippen LogP contribution in [-0.4, -0.2) is 58.4 Å². The fourth-order valence-corrected chi connectivity index (χ4v) is 2.57. The standard InChI is InChI=1S/C17H21N3O5/c1-2-3-9-19-10-11-20(15(22)14(19)21)17(25)18-13(16(23)24)12-7-5-4-6-8-12/h4-8,13H,2-3,9-11H2,1H3,(H,18,25)(H,23,24). The molecule has 1 saturated heterocycles. The first kappa shape index (κ1) is 18.4. The first-order valence-corrected chi connectivity index (χ1v) is 8.14. The Kier molecular flexibility index (Phi) is 6.10. The molecule has 134 valence electrons. The third-order valence-corrected chi connectivity index (χ3v) is 3.98. The van der Waals surface area contributed by atoms with Gasteiger partial charge in [-0.2, -0.15) is 0 Å². The lowest BCUT2D eigenvalue weighted by molar-refractivity contribution is -0.153. The van der Waals surface area contributed by atoms with Crippen LogP contribution in [0.3, 0.4) is 0 Å². The normalized spacial score (nSPS) is 15.9. The number of carboxylic acids is 1. The lowest BCUT2D eigenvalue weighted by atomic mass is 10.1. The monoisotopic (exact) mass is 347 g/mol. The molecule has 8 heteroatoms. The van der Waals surface area contributed by atoms with E-state index in [0.29, 0.717) is 12.1 Å². The highest BCUT2D eigenvalue weighted by Gasteiger charge is 2.37. The van der Waals surface area contributed by atoms with Gasteiger partial charge in [0.2, 0.25) is 0 Å². The van der Waals surface area contributed by atoms with Crippen LogP contribution in [0.25, 0.3) is 0 Å². The molecule has 0 bridgehead atoms. The fourth-order valence-electron chi connectivity index (χ4n) is 2.57. The first-order chi connectivity index (χ1) is 12.0. The fraction of sp³-hybridized carbons (Fsp3) is 0.412. The molecule has 0 aromatic heterocycles. The number of carboxylic acid groups (broad SMARTS) is 1. The summed E-state index contributed by atoms with van der Waals surface area (Å²) in [6.07, 6.45) is 1.67. The number of hydrogen-bond acceptors (Lipinski definition) is 4. The second kappa shape index (κ2) is 8.27. The lowest BCUT2D eigenvalue weighted by Gasteiger charge is -2.33. The maximum absolute atomic E-state index is 12.3. The Morgan fingerprint density at radius 3 is 2.44 bits per heavy atom. The molecule has 8 nitrogen and oxygen atoms in total. The van der Waals surface area contributed by atoms with Crippen molar-refractivity contribution in [2.24, 2.45) is 0 Å². The molecule has 1 atom stereocenters. The highest BCUT2D eigenvalue weighted by Crippen LogP contribution is 2.14. The molecule has 0 saturated carbocycles. The Labute approximate surface area is 145 Å². The van der Waals surface area contributed by atoms with Crippen LogP contribution in [0, 0.1) is 0 Å². The number of amides is 4. The Hall–Kier alpha value is -2.90. The average molecular weight is 347 g/mol. The number of imide groups is 1. The Morgan fingerprint density at radius 1 is 1.16 bits per heavy atom. The Balaban J connectivity index is 2.06. The Bertz CT molecular complexity index is 662. The topological polar surface area (TPSA) is 107 Å². The molecule has 2 rings (SSSR count). The van der Waals surface area contributed by atoms with E-state index in [2.05, 4.69) is 5.32 Å². The van der Waals surface area contributed by atoms with Crippen LogP contribution in [0.15, 0.2) is 30.3 Å². The molecule has 25 heavy (non-hydrogen) atoms. The zero-order valence-corrected chi connectivity index (χ0v) is 14.0. The van der Waals surface area contributed by atoms with Crippen LogP contribution >= 0.6 is 0 Å². The number of carbonyl (C=O) groups excluding carboxylic acids is 3. The van der Waals surface area contributed by atoms with E-state index in [0.717, 1.165) is 17.7 Å². The van der Waals surface area contributed by atoms with E-state index < -0.39 is 29.9 Å². The number of aliphatic carboxylic acids is 1. The van der Waals surface area contributed by atoms with Crippen LogP contribution in [0.5, 0.6) is 0 Å². The summed E-state index contributed by atoms with van der Waals surface area (Å²) in [5.74, 6) is -2.92. The van der Waals surface area contributed by atoms with E-state index in [1.54, 1.807) is 30.3 Å². The molecule has 0 spiro atoms. The number of unbranched alkanes of at least 4 members (excludes halogenated alkanes) is 1. The summed E-state index contributed by atoms with van der Waals surface area (Å²) in [5.41, 5.74) is 0.378. The van der Waals surface area contributed by atoms with Gasteiger partial charge in [0.15, 0.2) is 6.04 Å². The van der Waals surface area contributed by atoms with E-state index in [9.17, 15) is 24.3 Å². The van der Waals surface area contributed by atoms with E-state index in [-0.39, 0.29) is 13.1 Å². The van der Waals surface area contributed by atoms with Gasteiger partial charge in [0, 0.05) is 19.6 Å². The SMILES string of the molecule is CCCCN1CCN(C(=O)NC(C(=O)O)c2ccccc2)C(=O)C1=O. The van der Waals surface area contributed by atoms with Crippen molar-refractivity contribution in [1.29, 1.82) is 0 Å². The van der Waals surface area contributed by atoms with Crippen molar-refractivity contribution in [3.8, 4) is 0 Å². The molecule has 0 radical (unpaired) electrons. The van der Waals surface area contributed by atoms with Gasteiger partial charge in [-0.15, -0.1) is 0 Å². The van der Waals surface area contributed by atoms with Gasteiger partial charge in [-0.25, -0.2) is 9.59 Å². The van der Waals surface area contributed by atoms with Gasteiger partial charge in [-0.3, -0.25) is 14.5 Å². The third kappa shape index (κ3) is 4.34. The summed E-state index contributed by atoms with van der Waals surface area (Å²) in [7, 11) is 0. The Morgan fingerprint density at radius 2 is 1.84 bits per heavy atom. The van der Waals surface area contributed by atoms with Crippen molar-refractivity contribution in [3.05, 3.63) is 35.9 Å². The van der Waals surface area contributed by atoms with Crippen LogP contribution in [0.2, 0.25) is 0 Å². The number of nitrogens with zero attached hydrogens (tertiary/aromatic N) is 2. The van der Waals surface area contributed by atoms with Gasteiger partial charge in [0.25, 0.3) is 0 Å². The molecule has 1 unspecified atom stereocenters. The number of carbonyl (C=O) groups is 4. The number of rotatable bonds is 6. The third-order valence-electron chi connectivity index (χ3n) is 3.98. The zero-order valence-electron chi connectivity index (χ0n) is 14.0. The van der Waals surface area contributed by atoms with E-state index in [1.165, 1.54) is 4.90 Å². The number of nitrogens with one attached hydrogen (secondary N) is 1.